The van der Waals surface area contributed by atoms with E-state index in [2.05, 4.69) is 18.0 Å². The predicted octanol–water partition coefficient (Wildman–Crippen LogP) is 3.93. The molecule has 0 radical (unpaired) electrons. The minimum atomic E-state index is 0.317. The number of pyridine rings is 1. The molecule has 0 N–H and O–H groups in total. The largest absolute Gasteiger partial charge is 0.493 e. The molecule has 108 valence electrons. The lowest BCUT2D eigenvalue weighted by atomic mass is 10.1. The fourth-order valence-corrected chi connectivity index (χ4v) is 2.13. The maximum Gasteiger partial charge on any atom is 0.237 e. The van der Waals surface area contributed by atoms with Gasteiger partial charge in [0, 0.05) is 5.69 Å². The lowest BCUT2D eigenvalue weighted by Crippen LogP contribution is -1.98. The summed E-state index contributed by atoms with van der Waals surface area (Å²) < 4.78 is 11.2. The predicted molar refractivity (Wildman–Crippen MR) is 80.9 cm³/mol. The summed E-state index contributed by atoms with van der Waals surface area (Å²) in [5, 5.41) is 9.28. The molecule has 1 aromatic heterocycles. The van der Waals surface area contributed by atoms with Crippen LogP contribution in [0.25, 0.3) is 0 Å². The van der Waals surface area contributed by atoms with Crippen LogP contribution in [-0.4, -0.2) is 12.1 Å². The average molecular weight is 282 g/mol. The van der Waals surface area contributed by atoms with Crippen molar-refractivity contribution in [3.63, 3.8) is 0 Å². The first-order chi connectivity index (χ1) is 10.1. The van der Waals surface area contributed by atoms with Crippen LogP contribution in [0.2, 0.25) is 0 Å². The highest BCUT2D eigenvalue weighted by Gasteiger charge is 2.13. The molecular formula is C17H18N2O2. The minimum Gasteiger partial charge on any atom is -0.493 e. The van der Waals surface area contributed by atoms with Gasteiger partial charge in [-0.3, -0.25) is 0 Å². The van der Waals surface area contributed by atoms with E-state index < -0.39 is 0 Å². The number of hydrogen-bond donors (Lipinski definition) is 0. The fraction of sp³-hybridized carbons (Fsp3) is 0.294. The lowest BCUT2D eigenvalue weighted by Gasteiger charge is -2.13. The highest BCUT2D eigenvalue weighted by atomic mass is 16.5. The van der Waals surface area contributed by atoms with Gasteiger partial charge in [0.1, 0.15) is 11.6 Å². The standard InChI is InChI=1S/C17H18N2O2/c1-5-13-6-7-15(16(9-13)20-4)21-17-14(10-18)11(2)8-12(3)19-17/h6-9H,5H2,1-4H3. The molecule has 0 saturated carbocycles. The van der Waals surface area contributed by atoms with Crippen molar-refractivity contribution in [2.45, 2.75) is 27.2 Å². The molecule has 0 amide bonds. The molecule has 1 heterocycles. The molecule has 1 aromatic carbocycles. The van der Waals surface area contributed by atoms with E-state index in [1.165, 1.54) is 0 Å². The van der Waals surface area contributed by atoms with Gasteiger partial charge in [-0.2, -0.15) is 5.26 Å². The molecule has 0 aliphatic heterocycles. The Morgan fingerprint density at radius 1 is 1.19 bits per heavy atom. The van der Waals surface area contributed by atoms with E-state index in [1.54, 1.807) is 7.11 Å². The van der Waals surface area contributed by atoms with Gasteiger partial charge in [-0.25, -0.2) is 4.98 Å². The van der Waals surface area contributed by atoms with Crippen molar-refractivity contribution in [2.75, 3.05) is 7.11 Å². The maximum absolute atomic E-state index is 9.28. The molecule has 21 heavy (non-hydrogen) atoms. The normalized spacial score (nSPS) is 10.0. The zero-order valence-corrected chi connectivity index (χ0v) is 12.7. The SMILES string of the molecule is CCc1ccc(Oc2nc(C)cc(C)c2C#N)c(OC)c1. The molecule has 4 heteroatoms. The molecule has 2 rings (SSSR count). The fourth-order valence-electron chi connectivity index (χ4n) is 2.13. The Hall–Kier alpha value is -2.54. The van der Waals surface area contributed by atoms with Crippen LogP contribution in [0.1, 0.15) is 29.3 Å². The van der Waals surface area contributed by atoms with Crippen molar-refractivity contribution in [1.82, 2.24) is 4.98 Å². The first kappa shape index (κ1) is 14.9. The molecule has 0 atom stereocenters. The van der Waals surface area contributed by atoms with Crippen LogP contribution in [0, 0.1) is 25.2 Å². The smallest absolute Gasteiger partial charge is 0.237 e. The third-order valence-electron chi connectivity index (χ3n) is 3.27. The summed E-state index contributed by atoms with van der Waals surface area (Å²) in [7, 11) is 1.60. The van der Waals surface area contributed by atoms with E-state index in [0.29, 0.717) is 22.9 Å². The number of benzene rings is 1. The van der Waals surface area contributed by atoms with Gasteiger partial charge in [0.15, 0.2) is 11.5 Å². The Labute approximate surface area is 125 Å². The van der Waals surface area contributed by atoms with Gasteiger partial charge in [0.05, 0.1) is 7.11 Å². The van der Waals surface area contributed by atoms with Crippen LogP contribution in [0.4, 0.5) is 0 Å². The van der Waals surface area contributed by atoms with Gasteiger partial charge in [-0.1, -0.05) is 13.0 Å². The van der Waals surface area contributed by atoms with Crippen LogP contribution in [0.5, 0.6) is 17.4 Å². The molecule has 0 aliphatic carbocycles. The Morgan fingerprint density at radius 3 is 2.57 bits per heavy atom. The van der Waals surface area contributed by atoms with Crippen molar-refractivity contribution in [3.8, 4) is 23.4 Å². The average Bonchev–Trinajstić information content (AvgIpc) is 2.47. The Kier molecular flexibility index (Phi) is 4.44. The number of aromatic nitrogens is 1. The van der Waals surface area contributed by atoms with E-state index >= 15 is 0 Å². The second kappa shape index (κ2) is 6.27. The van der Waals surface area contributed by atoms with Crippen molar-refractivity contribution in [3.05, 3.63) is 46.6 Å². The number of methoxy groups -OCH3 is 1. The van der Waals surface area contributed by atoms with Crippen LogP contribution in [-0.2, 0) is 6.42 Å². The molecule has 0 saturated heterocycles. The molecule has 0 unspecified atom stereocenters. The number of hydrogen-bond acceptors (Lipinski definition) is 4. The summed E-state index contributed by atoms with van der Waals surface area (Å²) in [6.07, 6.45) is 0.919. The number of nitriles is 1. The third kappa shape index (κ3) is 3.14. The summed E-state index contributed by atoms with van der Waals surface area (Å²) in [5.41, 5.74) is 3.27. The van der Waals surface area contributed by atoms with E-state index in [0.717, 1.165) is 23.2 Å². The van der Waals surface area contributed by atoms with Gasteiger partial charge < -0.3 is 9.47 Å². The van der Waals surface area contributed by atoms with E-state index in [4.69, 9.17) is 9.47 Å². The van der Waals surface area contributed by atoms with Gasteiger partial charge >= 0.3 is 0 Å². The topological polar surface area (TPSA) is 55.1 Å². The van der Waals surface area contributed by atoms with Crippen LogP contribution >= 0.6 is 0 Å². The van der Waals surface area contributed by atoms with Gasteiger partial charge in [-0.15, -0.1) is 0 Å². The van der Waals surface area contributed by atoms with E-state index in [1.807, 2.05) is 38.1 Å². The molecule has 0 bridgehead atoms. The summed E-state index contributed by atoms with van der Waals surface area (Å²) in [4.78, 5) is 4.32. The molecular weight excluding hydrogens is 264 g/mol. The van der Waals surface area contributed by atoms with Crippen molar-refractivity contribution >= 4 is 0 Å². The monoisotopic (exact) mass is 282 g/mol. The minimum absolute atomic E-state index is 0.317. The second-order valence-corrected chi connectivity index (χ2v) is 4.81. The summed E-state index contributed by atoms with van der Waals surface area (Å²) in [6.45, 7) is 5.82. The Morgan fingerprint density at radius 2 is 1.95 bits per heavy atom. The summed E-state index contributed by atoms with van der Waals surface area (Å²) in [6, 6.07) is 9.77. The van der Waals surface area contributed by atoms with Gasteiger partial charge in [0.2, 0.25) is 5.88 Å². The summed E-state index contributed by atoms with van der Waals surface area (Å²) >= 11 is 0. The lowest BCUT2D eigenvalue weighted by molar-refractivity contribution is 0.373. The molecule has 0 spiro atoms. The zero-order chi connectivity index (χ0) is 15.4. The third-order valence-corrected chi connectivity index (χ3v) is 3.27. The Bertz CT molecular complexity index is 703. The van der Waals surface area contributed by atoms with Gasteiger partial charge in [0.25, 0.3) is 0 Å². The second-order valence-electron chi connectivity index (χ2n) is 4.81. The van der Waals surface area contributed by atoms with Crippen LogP contribution in [0.15, 0.2) is 24.3 Å². The first-order valence-corrected chi connectivity index (χ1v) is 6.82. The number of aryl methyl sites for hydroxylation is 3. The van der Waals surface area contributed by atoms with Gasteiger partial charge in [-0.05, 0) is 49.6 Å². The van der Waals surface area contributed by atoms with E-state index in [-0.39, 0.29) is 0 Å². The Balaban J connectivity index is 2.45. The zero-order valence-electron chi connectivity index (χ0n) is 12.7. The number of nitrogens with zero attached hydrogens (tertiary/aromatic N) is 2. The quantitative estimate of drug-likeness (QED) is 0.852. The first-order valence-electron chi connectivity index (χ1n) is 6.82. The number of ether oxygens (including phenoxy) is 2. The van der Waals surface area contributed by atoms with Crippen molar-refractivity contribution in [2.24, 2.45) is 0 Å². The highest BCUT2D eigenvalue weighted by Crippen LogP contribution is 2.33. The summed E-state index contributed by atoms with van der Waals surface area (Å²) in [5.74, 6) is 1.51. The molecule has 4 nitrogen and oxygen atoms in total. The van der Waals surface area contributed by atoms with E-state index in [9.17, 15) is 5.26 Å². The highest BCUT2D eigenvalue weighted by molar-refractivity contribution is 5.50. The molecule has 0 aliphatic rings. The van der Waals surface area contributed by atoms with Crippen LogP contribution < -0.4 is 9.47 Å². The van der Waals surface area contributed by atoms with Crippen molar-refractivity contribution < 1.29 is 9.47 Å². The molecule has 0 fully saturated rings. The number of rotatable bonds is 4. The van der Waals surface area contributed by atoms with Crippen LogP contribution in [0.3, 0.4) is 0 Å². The van der Waals surface area contributed by atoms with Crippen molar-refractivity contribution in [1.29, 1.82) is 5.26 Å². The maximum atomic E-state index is 9.28. The molecule has 2 aromatic rings.